The normalized spacial score (nSPS) is 14.2. The second kappa shape index (κ2) is 9.88. The molecule has 1 aliphatic rings. The molecule has 3 rings (SSSR count). The Labute approximate surface area is 183 Å². The number of rotatable bonds is 9. The number of fused-ring (bicyclic) bond motifs is 1. The lowest BCUT2D eigenvalue weighted by atomic mass is 9.99. The zero-order valence-electron chi connectivity index (χ0n) is 18.6. The molecule has 2 aromatic rings. The Balaban J connectivity index is 1.68. The number of hydrogen-bond acceptors (Lipinski definition) is 4. The van der Waals surface area contributed by atoms with Crippen LogP contribution >= 0.6 is 0 Å². The molecule has 6 nitrogen and oxygen atoms in total. The van der Waals surface area contributed by atoms with E-state index in [-0.39, 0.29) is 29.3 Å². The highest BCUT2D eigenvalue weighted by Crippen LogP contribution is 2.25. The first-order chi connectivity index (χ1) is 14.8. The molecule has 0 aliphatic carbocycles. The number of amides is 3. The van der Waals surface area contributed by atoms with Gasteiger partial charge in [0.05, 0.1) is 17.2 Å². The molecule has 164 valence electrons. The summed E-state index contributed by atoms with van der Waals surface area (Å²) in [6.07, 6.45) is 1.59. The van der Waals surface area contributed by atoms with E-state index >= 15 is 0 Å². The summed E-state index contributed by atoms with van der Waals surface area (Å²) in [5.74, 6) is -0.370. The molecule has 1 atom stereocenters. The third-order valence-corrected chi connectivity index (χ3v) is 5.43. The summed E-state index contributed by atoms with van der Waals surface area (Å²) in [6.45, 7) is 7.06. The fourth-order valence-electron chi connectivity index (χ4n) is 3.78. The highest BCUT2D eigenvalue weighted by molar-refractivity contribution is 6.22. The molecule has 6 heteroatoms. The third-order valence-electron chi connectivity index (χ3n) is 5.43. The van der Waals surface area contributed by atoms with Gasteiger partial charge in [0.2, 0.25) is 0 Å². The Kier molecular flexibility index (Phi) is 7.23. The van der Waals surface area contributed by atoms with Crippen molar-refractivity contribution in [1.82, 2.24) is 10.2 Å². The smallest absolute Gasteiger partial charge is 0.261 e. The van der Waals surface area contributed by atoms with Crippen LogP contribution in [0.15, 0.2) is 42.5 Å². The van der Waals surface area contributed by atoms with Crippen molar-refractivity contribution in [3.05, 3.63) is 70.3 Å². The minimum Gasteiger partial charge on any atom is -0.385 e. The molecule has 1 aliphatic heterocycles. The zero-order valence-corrected chi connectivity index (χ0v) is 18.6. The molecular weight excluding hydrogens is 392 g/mol. The lowest BCUT2D eigenvalue weighted by Crippen LogP contribution is -2.31. The number of carbonyl (C=O) groups is 3. The molecule has 3 amide bonds. The Bertz CT molecular complexity index is 966. The van der Waals surface area contributed by atoms with E-state index < -0.39 is 0 Å². The summed E-state index contributed by atoms with van der Waals surface area (Å²) in [5, 5.41) is 2.98. The summed E-state index contributed by atoms with van der Waals surface area (Å²) in [4.78, 5) is 39.2. The molecule has 0 saturated heterocycles. The van der Waals surface area contributed by atoms with Gasteiger partial charge < -0.3 is 10.1 Å². The van der Waals surface area contributed by atoms with Crippen molar-refractivity contribution in [2.75, 3.05) is 20.3 Å². The first kappa shape index (κ1) is 22.7. The van der Waals surface area contributed by atoms with Gasteiger partial charge >= 0.3 is 0 Å². The third kappa shape index (κ3) is 5.20. The van der Waals surface area contributed by atoms with Crippen LogP contribution in [0.2, 0.25) is 0 Å². The Morgan fingerprint density at radius 3 is 2.32 bits per heavy atom. The van der Waals surface area contributed by atoms with Crippen LogP contribution in [0.25, 0.3) is 0 Å². The molecule has 0 saturated carbocycles. The van der Waals surface area contributed by atoms with Gasteiger partial charge in [-0.1, -0.05) is 38.1 Å². The fourth-order valence-corrected chi connectivity index (χ4v) is 3.78. The van der Waals surface area contributed by atoms with Crippen LogP contribution in [0, 0.1) is 5.92 Å². The summed E-state index contributed by atoms with van der Waals surface area (Å²) in [6, 6.07) is 12.7. The number of nitrogens with one attached hydrogen (secondary N) is 1. The fraction of sp³-hybridized carbons (Fsp3) is 0.400. The van der Waals surface area contributed by atoms with E-state index in [2.05, 4.69) is 31.3 Å². The van der Waals surface area contributed by atoms with Gasteiger partial charge in [-0.3, -0.25) is 19.3 Å². The standard InChI is InChI=1S/C25H30N2O4/c1-16(2)14-18-6-8-19(9-7-18)17(3)26-23(28)20-10-11-21-22(15-20)25(30)27(24(21)29)12-5-13-31-4/h6-11,15-17H,5,12-14H2,1-4H3,(H,26,28)/t17-/m1/s1. The number of methoxy groups -OCH3 is 1. The van der Waals surface area contributed by atoms with Crippen molar-refractivity contribution in [2.45, 2.75) is 39.7 Å². The van der Waals surface area contributed by atoms with Crippen LogP contribution in [0.1, 0.15) is 75.4 Å². The van der Waals surface area contributed by atoms with Gasteiger partial charge in [0.1, 0.15) is 0 Å². The molecular formula is C25H30N2O4. The maximum Gasteiger partial charge on any atom is 0.261 e. The van der Waals surface area contributed by atoms with Gasteiger partial charge in [0, 0.05) is 25.8 Å². The van der Waals surface area contributed by atoms with E-state index in [1.54, 1.807) is 19.2 Å². The first-order valence-electron chi connectivity index (χ1n) is 10.7. The number of carbonyl (C=O) groups excluding carboxylic acids is 3. The monoisotopic (exact) mass is 422 g/mol. The predicted molar refractivity (Wildman–Crippen MR) is 119 cm³/mol. The van der Waals surface area contributed by atoms with Crippen molar-refractivity contribution in [3.8, 4) is 0 Å². The molecule has 0 fully saturated rings. The highest BCUT2D eigenvalue weighted by Gasteiger charge is 2.35. The van der Waals surface area contributed by atoms with Gasteiger partial charge in [0.25, 0.3) is 17.7 Å². The highest BCUT2D eigenvalue weighted by atomic mass is 16.5. The van der Waals surface area contributed by atoms with Crippen molar-refractivity contribution >= 4 is 17.7 Å². The zero-order chi connectivity index (χ0) is 22.5. The van der Waals surface area contributed by atoms with Crippen LogP contribution in [0.4, 0.5) is 0 Å². The SMILES string of the molecule is COCCCN1C(=O)c2ccc(C(=O)N[C@H](C)c3ccc(CC(C)C)cc3)cc2C1=O. The largest absolute Gasteiger partial charge is 0.385 e. The Morgan fingerprint density at radius 1 is 1.00 bits per heavy atom. The van der Waals surface area contributed by atoms with Crippen LogP contribution in [0.3, 0.4) is 0 Å². The number of hydrogen-bond donors (Lipinski definition) is 1. The van der Waals surface area contributed by atoms with Gasteiger partial charge in [-0.05, 0) is 55.0 Å². The van der Waals surface area contributed by atoms with Gasteiger partial charge in [-0.15, -0.1) is 0 Å². The second-order valence-electron chi connectivity index (χ2n) is 8.40. The predicted octanol–water partition coefficient (Wildman–Crippen LogP) is 4.01. The number of benzene rings is 2. The van der Waals surface area contributed by atoms with Crippen molar-refractivity contribution in [3.63, 3.8) is 0 Å². The lowest BCUT2D eigenvalue weighted by Gasteiger charge is -2.15. The summed E-state index contributed by atoms with van der Waals surface area (Å²) < 4.78 is 4.99. The van der Waals surface area contributed by atoms with Crippen LogP contribution < -0.4 is 5.32 Å². The summed E-state index contributed by atoms with van der Waals surface area (Å²) >= 11 is 0. The van der Waals surface area contributed by atoms with Gasteiger partial charge in [0.15, 0.2) is 0 Å². The summed E-state index contributed by atoms with van der Waals surface area (Å²) in [5.41, 5.74) is 3.27. The first-order valence-corrected chi connectivity index (χ1v) is 10.7. The average molecular weight is 423 g/mol. The number of nitrogens with zero attached hydrogens (tertiary/aromatic N) is 1. The van der Waals surface area contributed by atoms with E-state index in [0.717, 1.165) is 12.0 Å². The van der Waals surface area contributed by atoms with Crippen molar-refractivity contribution < 1.29 is 19.1 Å². The molecule has 31 heavy (non-hydrogen) atoms. The number of ether oxygens (including phenoxy) is 1. The van der Waals surface area contributed by atoms with E-state index in [9.17, 15) is 14.4 Å². The second-order valence-corrected chi connectivity index (χ2v) is 8.40. The topological polar surface area (TPSA) is 75.7 Å². The van der Waals surface area contributed by atoms with E-state index in [0.29, 0.717) is 36.6 Å². The Morgan fingerprint density at radius 2 is 1.68 bits per heavy atom. The average Bonchev–Trinajstić information content (AvgIpc) is 2.98. The van der Waals surface area contributed by atoms with Gasteiger partial charge in [-0.25, -0.2) is 0 Å². The maximum atomic E-state index is 12.8. The molecule has 1 heterocycles. The summed E-state index contributed by atoms with van der Waals surface area (Å²) in [7, 11) is 1.58. The molecule has 2 aromatic carbocycles. The molecule has 0 spiro atoms. The van der Waals surface area contributed by atoms with Crippen molar-refractivity contribution in [2.24, 2.45) is 5.92 Å². The Hall–Kier alpha value is -2.99. The van der Waals surface area contributed by atoms with E-state index in [4.69, 9.17) is 4.74 Å². The molecule has 1 N–H and O–H groups in total. The van der Waals surface area contributed by atoms with E-state index in [1.807, 2.05) is 19.1 Å². The molecule has 0 unspecified atom stereocenters. The molecule has 0 bridgehead atoms. The number of imide groups is 1. The molecule has 0 aromatic heterocycles. The molecule has 0 radical (unpaired) electrons. The van der Waals surface area contributed by atoms with Crippen LogP contribution in [-0.4, -0.2) is 42.9 Å². The van der Waals surface area contributed by atoms with Crippen molar-refractivity contribution in [1.29, 1.82) is 0 Å². The lowest BCUT2D eigenvalue weighted by molar-refractivity contribution is 0.0638. The van der Waals surface area contributed by atoms with Gasteiger partial charge in [-0.2, -0.15) is 0 Å². The maximum absolute atomic E-state index is 12.8. The van der Waals surface area contributed by atoms with Crippen LogP contribution in [0.5, 0.6) is 0 Å². The minimum absolute atomic E-state index is 0.184. The van der Waals surface area contributed by atoms with E-state index in [1.165, 1.54) is 16.5 Å². The minimum atomic E-state index is -0.362. The van der Waals surface area contributed by atoms with Crippen LogP contribution in [-0.2, 0) is 11.2 Å². The quantitative estimate of drug-likeness (QED) is 0.489.